The second-order valence-electron chi connectivity index (χ2n) is 10.9. The minimum atomic E-state index is -4.90. The molecule has 0 bridgehead atoms. The molecule has 0 aliphatic carbocycles. The van der Waals surface area contributed by atoms with Gasteiger partial charge in [-0.25, -0.2) is 9.48 Å². The lowest BCUT2D eigenvalue weighted by Crippen LogP contribution is -2.53. The molecular formula is C31H32F3N3O4. The van der Waals surface area contributed by atoms with Gasteiger partial charge in [0, 0.05) is 23.1 Å². The molecule has 2 heterocycles. The minimum Gasteiger partial charge on any atom is -0.493 e. The van der Waals surface area contributed by atoms with Crippen molar-refractivity contribution in [1.29, 1.82) is 0 Å². The van der Waals surface area contributed by atoms with E-state index in [1.54, 1.807) is 74.0 Å². The molecule has 3 aromatic carbocycles. The lowest BCUT2D eigenvalue weighted by molar-refractivity contribution is -0.260. The summed E-state index contributed by atoms with van der Waals surface area (Å²) in [6.07, 6.45) is -3.24. The predicted molar refractivity (Wildman–Crippen MR) is 150 cm³/mol. The minimum absolute atomic E-state index is 0.242. The maximum Gasteiger partial charge on any atom is 0.418 e. The number of rotatable bonds is 9. The van der Waals surface area contributed by atoms with Crippen LogP contribution in [-0.4, -0.2) is 52.4 Å². The van der Waals surface area contributed by atoms with Gasteiger partial charge in [0.25, 0.3) is 0 Å². The summed E-state index contributed by atoms with van der Waals surface area (Å²) >= 11 is 0. The Balaban J connectivity index is 1.42. The molecule has 0 saturated heterocycles. The lowest BCUT2D eigenvalue weighted by atomic mass is 9.74. The van der Waals surface area contributed by atoms with E-state index in [9.17, 15) is 23.1 Å². The molecule has 0 spiro atoms. The van der Waals surface area contributed by atoms with Gasteiger partial charge in [-0.1, -0.05) is 44.2 Å². The van der Waals surface area contributed by atoms with E-state index in [0.29, 0.717) is 52.2 Å². The van der Waals surface area contributed by atoms with Gasteiger partial charge in [0.1, 0.15) is 5.75 Å². The third kappa shape index (κ3) is 5.48. The molecule has 10 heteroatoms. The highest BCUT2D eigenvalue weighted by atomic mass is 19.4. The normalized spacial score (nSPS) is 14.8. The van der Waals surface area contributed by atoms with Gasteiger partial charge >= 0.3 is 12.1 Å². The maximum absolute atomic E-state index is 14.4. The average molecular weight is 568 g/mol. The molecule has 41 heavy (non-hydrogen) atoms. The Bertz CT molecular complexity index is 1580. The number of hydrogen-bond acceptors (Lipinski definition) is 6. The van der Waals surface area contributed by atoms with Crippen molar-refractivity contribution in [3.05, 3.63) is 83.6 Å². The molecule has 0 radical (unpaired) electrons. The molecule has 1 atom stereocenters. The zero-order valence-electron chi connectivity index (χ0n) is 23.1. The quantitative estimate of drug-likeness (QED) is 0.234. The van der Waals surface area contributed by atoms with Crippen molar-refractivity contribution in [2.24, 2.45) is 0 Å². The molecule has 0 saturated carbocycles. The number of hydrogen-bond donors (Lipinski definition) is 2. The molecule has 1 aliphatic heterocycles. The van der Waals surface area contributed by atoms with Crippen LogP contribution in [0.2, 0.25) is 0 Å². The fourth-order valence-corrected chi connectivity index (χ4v) is 5.47. The van der Waals surface area contributed by atoms with Crippen LogP contribution in [0, 0.1) is 0 Å². The summed E-state index contributed by atoms with van der Waals surface area (Å²) in [5.74, 6) is 0.147. The summed E-state index contributed by atoms with van der Waals surface area (Å²) in [4.78, 5) is 12.2. The molecular weight excluding hydrogens is 535 g/mol. The van der Waals surface area contributed by atoms with Crippen LogP contribution in [-0.2, 0) is 16.6 Å². The number of anilines is 1. The third-order valence-electron chi connectivity index (χ3n) is 7.49. The molecule has 4 aromatic rings. The van der Waals surface area contributed by atoms with Gasteiger partial charge in [0.2, 0.25) is 0 Å². The van der Waals surface area contributed by atoms with E-state index in [-0.39, 0.29) is 6.61 Å². The standard InChI is InChI=1S/C31H32F3N3O4/c1-4-40-28(38)21-9-5-10-22(16-21)37-26-13-7-12-25(23(26)17-36-37)35-19-30(39,31(32,33)34)18-29(2,3)24-11-6-8-20-14-15-41-27(20)24/h5-13,16-17,35,39H,4,14-15,18-19H2,1-3H3. The van der Waals surface area contributed by atoms with Crippen LogP contribution in [0.15, 0.2) is 66.9 Å². The van der Waals surface area contributed by atoms with E-state index >= 15 is 0 Å². The summed E-state index contributed by atoms with van der Waals surface area (Å²) in [6, 6.07) is 17.3. The Kier molecular flexibility index (Phi) is 7.46. The fourth-order valence-electron chi connectivity index (χ4n) is 5.47. The summed E-state index contributed by atoms with van der Waals surface area (Å²) in [6.45, 7) is 5.06. The first-order chi connectivity index (χ1) is 19.4. The van der Waals surface area contributed by atoms with Crippen molar-refractivity contribution in [1.82, 2.24) is 9.78 Å². The number of carbonyl (C=O) groups is 1. The molecule has 216 valence electrons. The van der Waals surface area contributed by atoms with Gasteiger partial charge in [-0.3, -0.25) is 0 Å². The number of alkyl halides is 3. The largest absolute Gasteiger partial charge is 0.493 e. The van der Waals surface area contributed by atoms with Crippen molar-refractivity contribution in [3.8, 4) is 11.4 Å². The predicted octanol–water partition coefficient (Wildman–Crippen LogP) is 6.21. The molecule has 1 aliphatic rings. The first-order valence-electron chi connectivity index (χ1n) is 13.5. The number of aliphatic hydroxyl groups is 1. The lowest BCUT2D eigenvalue weighted by Gasteiger charge is -2.38. The van der Waals surface area contributed by atoms with Crippen LogP contribution in [0.25, 0.3) is 16.6 Å². The number of para-hydroxylation sites is 1. The van der Waals surface area contributed by atoms with E-state index in [0.717, 1.165) is 5.56 Å². The number of nitrogens with one attached hydrogen (secondary N) is 1. The van der Waals surface area contributed by atoms with Gasteiger partial charge < -0.3 is 19.9 Å². The van der Waals surface area contributed by atoms with Crippen molar-refractivity contribution in [2.75, 3.05) is 25.1 Å². The molecule has 0 amide bonds. The molecule has 7 nitrogen and oxygen atoms in total. The smallest absolute Gasteiger partial charge is 0.418 e. The third-order valence-corrected chi connectivity index (χ3v) is 7.49. The Morgan fingerprint density at radius 1 is 1.12 bits per heavy atom. The molecule has 2 N–H and O–H groups in total. The Morgan fingerprint density at radius 2 is 1.88 bits per heavy atom. The number of fused-ring (bicyclic) bond motifs is 2. The highest BCUT2D eigenvalue weighted by Crippen LogP contribution is 2.45. The number of nitrogens with zero attached hydrogens (tertiary/aromatic N) is 2. The first-order valence-corrected chi connectivity index (χ1v) is 13.5. The zero-order valence-corrected chi connectivity index (χ0v) is 23.1. The van der Waals surface area contributed by atoms with Crippen LogP contribution >= 0.6 is 0 Å². The van der Waals surface area contributed by atoms with Gasteiger partial charge in [0.05, 0.1) is 42.7 Å². The molecule has 1 aromatic heterocycles. The van der Waals surface area contributed by atoms with Crippen LogP contribution in [0.4, 0.5) is 18.9 Å². The zero-order chi connectivity index (χ0) is 29.4. The van der Waals surface area contributed by atoms with Crippen molar-refractivity contribution >= 4 is 22.6 Å². The van der Waals surface area contributed by atoms with Crippen LogP contribution in [0.3, 0.4) is 0 Å². The highest BCUT2D eigenvalue weighted by molar-refractivity contribution is 5.93. The molecule has 0 fully saturated rings. The topological polar surface area (TPSA) is 85.6 Å². The van der Waals surface area contributed by atoms with Crippen molar-refractivity contribution in [3.63, 3.8) is 0 Å². The molecule has 1 unspecified atom stereocenters. The van der Waals surface area contributed by atoms with E-state index in [1.807, 2.05) is 12.1 Å². The van der Waals surface area contributed by atoms with Crippen molar-refractivity contribution < 1.29 is 32.5 Å². The van der Waals surface area contributed by atoms with Crippen LogP contribution in [0.5, 0.6) is 5.75 Å². The number of carbonyl (C=O) groups excluding carboxylic acids is 1. The second-order valence-corrected chi connectivity index (χ2v) is 10.9. The van der Waals surface area contributed by atoms with E-state index < -0.39 is 36.1 Å². The van der Waals surface area contributed by atoms with E-state index in [2.05, 4.69) is 10.4 Å². The van der Waals surface area contributed by atoms with Crippen molar-refractivity contribution in [2.45, 2.75) is 50.8 Å². The Labute approximate surface area is 235 Å². The Morgan fingerprint density at radius 3 is 2.63 bits per heavy atom. The van der Waals surface area contributed by atoms with Gasteiger partial charge in [0.15, 0.2) is 5.60 Å². The van der Waals surface area contributed by atoms with Crippen LogP contribution in [0.1, 0.15) is 48.7 Å². The van der Waals surface area contributed by atoms with Crippen LogP contribution < -0.4 is 10.1 Å². The highest BCUT2D eigenvalue weighted by Gasteiger charge is 2.56. The van der Waals surface area contributed by atoms with Gasteiger partial charge in [-0.05, 0) is 54.7 Å². The van der Waals surface area contributed by atoms with E-state index in [4.69, 9.17) is 9.47 Å². The maximum atomic E-state index is 14.4. The summed E-state index contributed by atoms with van der Waals surface area (Å²) < 4.78 is 55.8. The fraction of sp³-hybridized carbons (Fsp3) is 0.355. The number of benzene rings is 3. The number of aromatic nitrogens is 2. The van der Waals surface area contributed by atoms with Gasteiger partial charge in [-0.2, -0.15) is 18.3 Å². The number of esters is 1. The monoisotopic (exact) mass is 567 g/mol. The first kappa shape index (κ1) is 28.5. The SMILES string of the molecule is CCOC(=O)c1cccc(-n2ncc3c(NCC(O)(CC(C)(C)c4cccc5c4OCC5)C(F)(F)F)cccc32)c1. The summed E-state index contributed by atoms with van der Waals surface area (Å²) in [5.41, 5.74) is -0.525. The second kappa shape index (κ2) is 10.7. The Hall–Kier alpha value is -4.05. The van der Waals surface area contributed by atoms with Gasteiger partial charge in [-0.15, -0.1) is 0 Å². The molecule has 5 rings (SSSR count). The number of ether oxygens (including phenoxy) is 2. The van der Waals surface area contributed by atoms with E-state index in [1.165, 1.54) is 6.20 Å². The number of halogens is 3. The summed E-state index contributed by atoms with van der Waals surface area (Å²) in [7, 11) is 0. The average Bonchev–Trinajstić information content (AvgIpc) is 3.59. The summed E-state index contributed by atoms with van der Waals surface area (Å²) in [5, 5.41) is 19.0.